The van der Waals surface area contributed by atoms with Gasteiger partial charge in [-0.2, -0.15) is 0 Å². The number of amides is 1. The molecule has 150 valence electrons. The van der Waals surface area contributed by atoms with Crippen LogP contribution in [-0.4, -0.2) is 18.6 Å². The van der Waals surface area contributed by atoms with Crippen molar-refractivity contribution in [1.29, 1.82) is 0 Å². The molecule has 0 saturated carbocycles. The molecule has 5 heteroatoms. The first-order chi connectivity index (χ1) is 14.0. The summed E-state index contributed by atoms with van der Waals surface area (Å²) in [6.45, 7) is 6.47. The number of carbonyl (C=O) groups is 1. The molecule has 4 rings (SSSR count). The molecule has 1 heterocycles. The predicted octanol–water partition coefficient (Wildman–Crippen LogP) is 6.26. The first-order valence-electron chi connectivity index (χ1n) is 9.92. The molecular formula is C24H24BrNO3. The second kappa shape index (κ2) is 8.07. The number of anilines is 1. The van der Waals surface area contributed by atoms with E-state index >= 15 is 0 Å². The summed E-state index contributed by atoms with van der Waals surface area (Å²) in [4.78, 5) is 12.6. The van der Waals surface area contributed by atoms with E-state index < -0.39 is 0 Å². The van der Waals surface area contributed by atoms with Gasteiger partial charge >= 0.3 is 0 Å². The largest absolute Gasteiger partial charge is 0.490 e. The second-order valence-electron chi connectivity index (χ2n) is 7.49. The van der Waals surface area contributed by atoms with Crippen molar-refractivity contribution in [3.63, 3.8) is 0 Å². The van der Waals surface area contributed by atoms with E-state index in [0.29, 0.717) is 24.5 Å². The lowest BCUT2D eigenvalue weighted by atomic mass is 9.83. The standard InChI is InChI=1S/C24H24BrNO3/c1-4-28-21-12-16(11-20(25)24(21)29-14(2)3)19-13-22(27)26-23-17-8-6-5-7-15(17)9-10-18(19)23/h5-12,14,19H,4,13H2,1-3H3,(H,26,27)/t19-/m1/s1. The Balaban J connectivity index is 1.85. The number of hydrogen-bond donors (Lipinski definition) is 1. The predicted molar refractivity (Wildman–Crippen MR) is 120 cm³/mol. The minimum Gasteiger partial charge on any atom is -0.490 e. The number of halogens is 1. The van der Waals surface area contributed by atoms with E-state index in [1.807, 2.05) is 45.0 Å². The third-order valence-corrected chi connectivity index (χ3v) is 5.67. The van der Waals surface area contributed by atoms with Gasteiger partial charge in [-0.1, -0.05) is 36.4 Å². The average Bonchev–Trinajstić information content (AvgIpc) is 2.69. The third-order valence-electron chi connectivity index (χ3n) is 5.08. The van der Waals surface area contributed by atoms with Gasteiger partial charge in [-0.05, 0) is 65.3 Å². The second-order valence-corrected chi connectivity index (χ2v) is 8.34. The summed E-state index contributed by atoms with van der Waals surface area (Å²) in [5.74, 6) is 1.37. The van der Waals surface area contributed by atoms with Crippen molar-refractivity contribution in [2.75, 3.05) is 11.9 Å². The van der Waals surface area contributed by atoms with Crippen molar-refractivity contribution in [2.45, 2.75) is 39.2 Å². The Morgan fingerprint density at radius 2 is 1.97 bits per heavy atom. The number of benzene rings is 3. The Morgan fingerprint density at radius 1 is 1.17 bits per heavy atom. The van der Waals surface area contributed by atoms with Gasteiger partial charge in [-0.15, -0.1) is 0 Å². The molecule has 3 aromatic carbocycles. The van der Waals surface area contributed by atoms with E-state index in [2.05, 4.69) is 45.5 Å². The summed E-state index contributed by atoms with van der Waals surface area (Å²) in [5, 5.41) is 5.26. The van der Waals surface area contributed by atoms with Gasteiger partial charge < -0.3 is 14.8 Å². The fraction of sp³-hybridized carbons (Fsp3) is 0.292. The molecule has 0 saturated heterocycles. The Kier molecular flexibility index (Phi) is 5.50. The summed E-state index contributed by atoms with van der Waals surface area (Å²) in [6.07, 6.45) is 0.428. The summed E-state index contributed by atoms with van der Waals surface area (Å²) < 4.78 is 12.7. The molecule has 0 aromatic heterocycles. The minimum atomic E-state index is -0.0491. The van der Waals surface area contributed by atoms with E-state index in [1.54, 1.807) is 0 Å². The van der Waals surface area contributed by atoms with Crippen molar-refractivity contribution in [3.05, 3.63) is 64.1 Å². The van der Waals surface area contributed by atoms with Crippen LogP contribution in [0.15, 0.2) is 53.0 Å². The Labute approximate surface area is 179 Å². The van der Waals surface area contributed by atoms with E-state index in [-0.39, 0.29) is 17.9 Å². The van der Waals surface area contributed by atoms with Crippen LogP contribution in [0.1, 0.15) is 44.2 Å². The van der Waals surface area contributed by atoms with Crippen LogP contribution >= 0.6 is 15.9 Å². The molecule has 1 aliphatic heterocycles. The lowest BCUT2D eigenvalue weighted by Gasteiger charge is -2.28. The molecule has 0 spiro atoms. The summed E-state index contributed by atoms with van der Waals surface area (Å²) >= 11 is 3.65. The smallest absolute Gasteiger partial charge is 0.225 e. The zero-order valence-electron chi connectivity index (χ0n) is 16.8. The third kappa shape index (κ3) is 3.84. The number of ether oxygens (including phenoxy) is 2. The summed E-state index contributed by atoms with van der Waals surface area (Å²) in [7, 11) is 0. The fourth-order valence-corrected chi connectivity index (χ4v) is 4.46. The Bertz CT molecular complexity index is 1080. The number of nitrogens with one attached hydrogen (secondary N) is 1. The molecule has 29 heavy (non-hydrogen) atoms. The number of carbonyl (C=O) groups excluding carboxylic acids is 1. The van der Waals surface area contributed by atoms with Gasteiger partial charge in [0.25, 0.3) is 0 Å². The highest BCUT2D eigenvalue weighted by Gasteiger charge is 2.29. The number of fused-ring (bicyclic) bond motifs is 3. The maximum atomic E-state index is 12.6. The molecule has 1 atom stereocenters. The van der Waals surface area contributed by atoms with Gasteiger partial charge in [-0.25, -0.2) is 0 Å². The van der Waals surface area contributed by atoms with Gasteiger partial charge in [0.2, 0.25) is 5.91 Å². The zero-order valence-corrected chi connectivity index (χ0v) is 18.4. The molecule has 0 fully saturated rings. The highest BCUT2D eigenvalue weighted by molar-refractivity contribution is 9.10. The van der Waals surface area contributed by atoms with Gasteiger partial charge in [0.1, 0.15) is 0 Å². The summed E-state index contributed by atoms with van der Waals surface area (Å²) in [6, 6.07) is 16.4. The summed E-state index contributed by atoms with van der Waals surface area (Å²) in [5.41, 5.74) is 3.05. The quantitative estimate of drug-likeness (QED) is 0.495. The maximum Gasteiger partial charge on any atom is 0.225 e. The van der Waals surface area contributed by atoms with Gasteiger partial charge in [-0.3, -0.25) is 4.79 Å². The van der Waals surface area contributed by atoms with Crippen LogP contribution in [0.4, 0.5) is 5.69 Å². The van der Waals surface area contributed by atoms with Crippen molar-refractivity contribution in [1.82, 2.24) is 0 Å². The van der Waals surface area contributed by atoms with E-state index in [0.717, 1.165) is 32.1 Å². The zero-order chi connectivity index (χ0) is 20.5. The molecule has 1 amide bonds. The van der Waals surface area contributed by atoms with Gasteiger partial charge in [0, 0.05) is 17.7 Å². The maximum absolute atomic E-state index is 12.6. The van der Waals surface area contributed by atoms with Crippen molar-refractivity contribution < 1.29 is 14.3 Å². The van der Waals surface area contributed by atoms with E-state index in [9.17, 15) is 4.79 Å². The first kappa shape index (κ1) is 19.8. The average molecular weight is 454 g/mol. The Morgan fingerprint density at radius 3 is 2.72 bits per heavy atom. The SMILES string of the molecule is CCOc1cc([C@H]2CC(=O)Nc3c2ccc2ccccc32)cc(Br)c1OC(C)C. The van der Waals surface area contributed by atoms with Crippen LogP contribution in [0.25, 0.3) is 10.8 Å². The molecule has 0 bridgehead atoms. The minimum absolute atomic E-state index is 0.0236. The molecule has 3 aromatic rings. The van der Waals surface area contributed by atoms with Crippen LogP contribution in [0.2, 0.25) is 0 Å². The monoisotopic (exact) mass is 453 g/mol. The topological polar surface area (TPSA) is 47.6 Å². The molecule has 0 aliphatic carbocycles. The highest BCUT2D eigenvalue weighted by atomic mass is 79.9. The molecule has 4 nitrogen and oxygen atoms in total. The number of hydrogen-bond acceptors (Lipinski definition) is 3. The van der Waals surface area contributed by atoms with Gasteiger partial charge in [0.15, 0.2) is 11.5 Å². The van der Waals surface area contributed by atoms with Crippen LogP contribution in [0.3, 0.4) is 0 Å². The number of rotatable bonds is 5. The van der Waals surface area contributed by atoms with E-state index in [1.165, 1.54) is 0 Å². The van der Waals surface area contributed by atoms with Crippen LogP contribution < -0.4 is 14.8 Å². The fourth-order valence-electron chi connectivity index (χ4n) is 3.90. The van der Waals surface area contributed by atoms with Crippen LogP contribution in [0.5, 0.6) is 11.5 Å². The Hall–Kier alpha value is -2.53. The molecular weight excluding hydrogens is 430 g/mol. The van der Waals surface area contributed by atoms with Crippen molar-refractivity contribution >= 4 is 38.3 Å². The highest BCUT2D eigenvalue weighted by Crippen LogP contribution is 2.45. The van der Waals surface area contributed by atoms with E-state index in [4.69, 9.17) is 9.47 Å². The van der Waals surface area contributed by atoms with Crippen LogP contribution in [0, 0.1) is 0 Å². The molecule has 1 aliphatic rings. The van der Waals surface area contributed by atoms with Gasteiger partial charge in [0.05, 0.1) is 22.9 Å². The lowest BCUT2D eigenvalue weighted by Crippen LogP contribution is -2.24. The molecule has 1 N–H and O–H groups in total. The van der Waals surface area contributed by atoms with Crippen LogP contribution in [-0.2, 0) is 4.79 Å². The van der Waals surface area contributed by atoms with Crippen molar-refractivity contribution in [3.8, 4) is 11.5 Å². The first-order valence-corrected chi connectivity index (χ1v) is 10.7. The van der Waals surface area contributed by atoms with Crippen molar-refractivity contribution in [2.24, 2.45) is 0 Å². The molecule has 0 unspecified atom stereocenters. The lowest BCUT2D eigenvalue weighted by molar-refractivity contribution is -0.116. The normalized spacial score (nSPS) is 15.9. The molecule has 0 radical (unpaired) electrons.